The second-order valence-electron chi connectivity index (χ2n) is 7.45. The third-order valence-corrected chi connectivity index (χ3v) is 5.33. The molecule has 1 aliphatic rings. The summed E-state index contributed by atoms with van der Waals surface area (Å²) in [6.07, 6.45) is 3.76. The van der Waals surface area contributed by atoms with E-state index in [1.54, 1.807) is 0 Å². The first kappa shape index (κ1) is 26.6. The molecular formula is C21H31N3NaO5. The zero-order valence-electron chi connectivity index (χ0n) is 17.6. The summed E-state index contributed by atoms with van der Waals surface area (Å²) in [6.45, 7) is 0.866. The van der Waals surface area contributed by atoms with Gasteiger partial charge in [0, 0.05) is 36.1 Å². The number of rotatable bonds is 12. The number of likely N-dealkylation sites (tertiary alicyclic amines) is 1. The number of benzene rings is 1. The second-order valence-corrected chi connectivity index (χ2v) is 7.45. The molecule has 1 aromatic carbocycles. The first-order valence-corrected chi connectivity index (χ1v) is 10.2. The molecule has 1 fully saturated rings. The van der Waals surface area contributed by atoms with Crippen LogP contribution in [0.5, 0.6) is 0 Å². The van der Waals surface area contributed by atoms with Crippen molar-refractivity contribution in [1.82, 2.24) is 10.2 Å². The van der Waals surface area contributed by atoms with E-state index in [1.807, 2.05) is 30.3 Å². The van der Waals surface area contributed by atoms with Crippen LogP contribution in [0, 0.1) is 0 Å². The summed E-state index contributed by atoms with van der Waals surface area (Å²) in [5.74, 6) is -2.37. The molecule has 8 nitrogen and oxygen atoms in total. The Kier molecular flexibility index (Phi) is 12.2. The number of nitrogens with two attached hydrogens (primary N) is 1. The van der Waals surface area contributed by atoms with E-state index in [0.717, 1.165) is 12.0 Å². The molecule has 0 aromatic heterocycles. The molecule has 1 saturated heterocycles. The Morgan fingerprint density at radius 1 is 1.10 bits per heavy atom. The number of nitrogens with zero attached hydrogens (tertiary/aromatic N) is 1. The fourth-order valence-corrected chi connectivity index (χ4v) is 3.73. The molecule has 1 aliphatic heterocycles. The van der Waals surface area contributed by atoms with E-state index >= 15 is 0 Å². The van der Waals surface area contributed by atoms with E-state index in [9.17, 15) is 24.6 Å². The SMILES string of the molecule is NCCCCC(NC(CCc1ccccc1)C(=O)O)C(=O)N1CCCC1C(=O)O.[Na]. The van der Waals surface area contributed by atoms with E-state index in [2.05, 4.69) is 5.32 Å². The van der Waals surface area contributed by atoms with Crippen molar-refractivity contribution in [3.63, 3.8) is 0 Å². The number of hydrogen-bond donors (Lipinski definition) is 4. The van der Waals surface area contributed by atoms with Gasteiger partial charge in [-0.15, -0.1) is 0 Å². The van der Waals surface area contributed by atoms with Gasteiger partial charge in [-0.3, -0.25) is 14.9 Å². The molecule has 5 N–H and O–H groups in total. The fourth-order valence-electron chi connectivity index (χ4n) is 3.73. The quantitative estimate of drug-likeness (QED) is 0.287. The zero-order chi connectivity index (χ0) is 21.2. The van der Waals surface area contributed by atoms with Crippen molar-refractivity contribution in [3.05, 3.63) is 35.9 Å². The monoisotopic (exact) mass is 428 g/mol. The molecule has 1 amide bonds. The molecule has 1 radical (unpaired) electrons. The van der Waals surface area contributed by atoms with Gasteiger partial charge in [0.25, 0.3) is 0 Å². The van der Waals surface area contributed by atoms with Gasteiger partial charge >= 0.3 is 11.9 Å². The Balaban J connectivity index is 0.00000450. The molecular weight excluding hydrogens is 397 g/mol. The van der Waals surface area contributed by atoms with Crippen LogP contribution in [0.25, 0.3) is 0 Å². The molecule has 0 aliphatic carbocycles. The normalized spacial score (nSPS) is 17.8. The largest absolute Gasteiger partial charge is 0.480 e. The maximum Gasteiger partial charge on any atom is 0.326 e. The molecule has 0 bridgehead atoms. The van der Waals surface area contributed by atoms with Crippen LogP contribution in [0.15, 0.2) is 30.3 Å². The molecule has 9 heteroatoms. The molecule has 3 atom stereocenters. The Morgan fingerprint density at radius 2 is 1.80 bits per heavy atom. The first-order valence-electron chi connectivity index (χ1n) is 10.2. The van der Waals surface area contributed by atoms with Crippen LogP contribution >= 0.6 is 0 Å². The van der Waals surface area contributed by atoms with Gasteiger partial charge in [0.15, 0.2) is 0 Å². The average Bonchev–Trinajstić information content (AvgIpc) is 3.20. The number of carbonyl (C=O) groups excluding carboxylic acids is 1. The summed E-state index contributed by atoms with van der Waals surface area (Å²) in [7, 11) is 0. The van der Waals surface area contributed by atoms with Gasteiger partial charge in [0.05, 0.1) is 6.04 Å². The van der Waals surface area contributed by atoms with Crippen LogP contribution in [0.2, 0.25) is 0 Å². The number of carbonyl (C=O) groups is 3. The van der Waals surface area contributed by atoms with Crippen molar-refractivity contribution in [1.29, 1.82) is 0 Å². The number of unbranched alkanes of at least 4 members (excludes halogenated alkanes) is 1. The average molecular weight is 428 g/mol. The van der Waals surface area contributed by atoms with Gasteiger partial charge in [-0.2, -0.15) is 0 Å². The van der Waals surface area contributed by atoms with Crippen LogP contribution in [0.3, 0.4) is 0 Å². The maximum atomic E-state index is 13.1. The van der Waals surface area contributed by atoms with E-state index in [4.69, 9.17) is 5.73 Å². The Labute approximate surface area is 199 Å². The second kappa shape index (κ2) is 13.8. The minimum absolute atomic E-state index is 0. The number of nitrogens with one attached hydrogen (secondary N) is 1. The van der Waals surface area contributed by atoms with E-state index in [-0.39, 0.29) is 35.5 Å². The number of carboxylic acid groups (broad SMARTS) is 2. The van der Waals surface area contributed by atoms with Crippen molar-refractivity contribution >= 4 is 47.4 Å². The number of amides is 1. The number of aliphatic carboxylic acids is 2. The van der Waals surface area contributed by atoms with Gasteiger partial charge < -0.3 is 20.8 Å². The predicted molar refractivity (Wildman–Crippen MR) is 114 cm³/mol. The topological polar surface area (TPSA) is 133 Å². The van der Waals surface area contributed by atoms with E-state index < -0.39 is 30.1 Å². The molecule has 2 rings (SSSR count). The van der Waals surface area contributed by atoms with Gasteiger partial charge in [-0.05, 0) is 50.6 Å². The van der Waals surface area contributed by atoms with Crippen LogP contribution in [0.1, 0.15) is 44.1 Å². The summed E-state index contributed by atoms with van der Waals surface area (Å²) >= 11 is 0. The third-order valence-electron chi connectivity index (χ3n) is 5.33. The maximum absolute atomic E-state index is 13.1. The van der Waals surface area contributed by atoms with Crippen LogP contribution < -0.4 is 11.1 Å². The summed E-state index contributed by atoms with van der Waals surface area (Å²) < 4.78 is 0. The first-order chi connectivity index (χ1) is 13.9. The van der Waals surface area contributed by atoms with Crippen molar-refractivity contribution < 1.29 is 24.6 Å². The van der Waals surface area contributed by atoms with Crippen molar-refractivity contribution in [2.75, 3.05) is 13.1 Å². The molecule has 1 aromatic rings. The van der Waals surface area contributed by atoms with Crippen molar-refractivity contribution in [3.8, 4) is 0 Å². The molecule has 0 spiro atoms. The van der Waals surface area contributed by atoms with Gasteiger partial charge in [-0.1, -0.05) is 36.8 Å². The molecule has 161 valence electrons. The number of hydrogen-bond acceptors (Lipinski definition) is 5. The number of aryl methyl sites for hydroxylation is 1. The van der Waals surface area contributed by atoms with Crippen molar-refractivity contribution in [2.45, 2.75) is 63.1 Å². The molecule has 3 unspecified atom stereocenters. The Morgan fingerprint density at radius 3 is 2.40 bits per heavy atom. The van der Waals surface area contributed by atoms with Gasteiger partial charge in [0.1, 0.15) is 12.1 Å². The van der Waals surface area contributed by atoms with Crippen molar-refractivity contribution in [2.24, 2.45) is 5.73 Å². The molecule has 1 heterocycles. The molecule has 0 saturated carbocycles. The van der Waals surface area contributed by atoms with Gasteiger partial charge in [-0.25, -0.2) is 4.79 Å². The Bertz CT molecular complexity index is 688. The van der Waals surface area contributed by atoms with Gasteiger partial charge in [0.2, 0.25) is 5.91 Å². The van der Waals surface area contributed by atoms with E-state index in [0.29, 0.717) is 51.6 Å². The van der Waals surface area contributed by atoms with E-state index in [1.165, 1.54) is 4.90 Å². The third kappa shape index (κ3) is 8.00. The summed E-state index contributed by atoms with van der Waals surface area (Å²) in [5.41, 5.74) is 6.57. The standard InChI is InChI=1S/C21H31N3O5.Na/c22-13-5-4-9-16(19(25)24-14-6-10-18(24)21(28)29)23-17(20(26)27)12-11-15-7-2-1-3-8-15;/h1-3,7-8,16-18,23H,4-6,9-14,22H2,(H,26,27)(H,28,29);. The summed E-state index contributed by atoms with van der Waals surface area (Å²) in [5, 5.41) is 22.0. The smallest absolute Gasteiger partial charge is 0.326 e. The summed E-state index contributed by atoms with van der Waals surface area (Å²) in [6, 6.07) is 7.10. The summed E-state index contributed by atoms with van der Waals surface area (Å²) in [4.78, 5) is 37.7. The van der Waals surface area contributed by atoms with Crippen LogP contribution in [-0.2, 0) is 20.8 Å². The minimum atomic E-state index is -1.02. The zero-order valence-corrected chi connectivity index (χ0v) is 19.6. The number of carboxylic acids is 2. The van der Waals surface area contributed by atoms with Crippen LogP contribution in [0.4, 0.5) is 0 Å². The van der Waals surface area contributed by atoms with Crippen LogP contribution in [-0.4, -0.2) is 93.7 Å². The Hall–Kier alpha value is -1.45. The fraction of sp³-hybridized carbons (Fsp3) is 0.571. The minimum Gasteiger partial charge on any atom is -0.480 e. The molecule has 30 heavy (non-hydrogen) atoms. The predicted octanol–water partition coefficient (Wildman–Crippen LogP) is 0.854.